The Bertz CT molecular complexity index is 525. The van der Waals surface area contributed by atoms with Gasteiger partial charge in [-0.3, -0.25) is 0 Å². The third kappa shape index (κ3) is 2.28. The maximum Gasteiger partial charge on any atom is 0.142 e. The van der Waals surface area contributed by atoms with E-state index in [-0.39, 0.29) is 0 Å². The molecule has 1 heterocycles. The van der Waals surface area contributed by atoms with Crippen molar-refractivity contribution in [2.24, 2.45) is 7.05 Å². The molecule has 0 bridgehead atoms. The summed E-state index contributed by atoms with van der Waals surface area (Å²) < 4.78 is 6.96. The number of hydrogen-bond donors (Lipinski definition) is 1. The number of halogens is 1. The number of benzene rings is 1. The third-order valence-corrected chi connectivity index (χ3v) is 2.82. The number of methoxy groups -OCH3 is 1. The smallest absolute Gasteiger partial charge is 0.142 e. The van der Waals surface area contributed by atoms with Crippen LogP contribution in [0.3, 0.4) is 0 Å². The van der Waals surface area contributed by atoms with E-state index >= 15 is 0 Å². The highest BCUT2D eigenvalue weighted by Crippen LogP contribution is 2.31. The van der Waals surface area contributed by atoms with E-state index in [1.165, 1.54) is 0 Å². The van der Waals surface area contributed by atoms with Crippen molar-refractivity contribution in [3.05, 3.63) is 47.0 Å². The van der Waals surface area contributed by atoms with E-state index in [0.717, 1.165) is 0 Å². The molecule has 0 aliphatic carbocycles. The van der Waals surface area contributed by atoms with Gasteiger partial charge in [-0.25, -0.2) is 4.98 Å². The molecule has 0 spiro atoms. The molecular formula is C12H13ClN2O2. The lowest BCUT2D eigenvalue weighted by Crippen LogP contribution is -2.08. The molecule has 0 aliphatic heterocycles. The average molecular weight is 253 g/mol. The molecule has 1 aromatic heterocycles. The second kappa shape index (κ2) is 4.77. The molecule has 0 saturated heterocycles. The second-order valence-corrected chi connectivity index (χ2v) is 4.12. The van der Waals surface area contributed by atoms with Crippen molar-refractivity contribution >= 4 is 11.6 Å². The topological polar surface area (TPSA) is 47.3 Å². The van der Waals surface area contributed by atoms with Crippen LogP contribution in [0.25, 0.3) is 0 Å². The Labute approximate surface area is 104 Å². The second-order valence-electron chi connectivity index (χ2n) is 3.69. The van der Waals surface area contributed by atoms with E-state index in [1.54, 1.807) is 42.3 Å². The van der Waals surface area contributed by atoms with Gasteiger partial charge in [-0.05, 0) is 18.2 Å². The van der Waals surface area contributed by atoms with Crippen LogP contribution in [0.2, 0.25) is 5.02 Å². The maximum atomic E-state index is 10.3. The Balaban J connectivity index is 2.46. The molecule has 4 nitrogen and oxygen atoms in total. The van der Waals surface area contributed by atoms with Crippen LogP contribution in [-0.4, -0.2) is 21.8 Å². The van der Waals surface area contributed by atoms with Gasteiger partial charge in [-0.15, -0.1) is 0 Å². The van der Waals surface area contributed by atoms with Gasteiger partial charge < -0.3 is 14.4 Å². The number of rotatable bonds is 3. The zero-order chi connectivity index (χ0) is 12.4. The molecular weight excluding hydrogens is 240 g/mol. The Morgan fingerprint density at radius 1 is 1.47 bits per heavy atom. The minimum atomic E-state index is -0.858. The minimum Gasteiger partial charge on any atom is -0.496 e. The molecule has 1 atom stereocenters. The highest BCUT2D eigenvalue weighted by atomic mass is 35.5. The van der Waals surface area contributed by atoms with Crippen molar-refractivity contribution in [2.45, 2.75) is 6.10 Å². The van der Waals surface area contributed by atoms with E-state index in [9.17, 15) is 5.11 Å². The lowest BCUT2D eigenvalue weighted by molar-refractivity contribution is 0.201. The van der Waals surface area contributed by atoms with Gasteiger partial charge in [-0.1, -0.05) is 11.6 Å². The third-order valence-electron chi connectivity index (χ3n) is 2.59. The van der Waals surface area contributed by atoms with Crippen molar-refractivity contribution in [2.75, 3.05) is 7.11 Å². The Hall–Kier alpha value is -1.52. The SMILES string of the molecule is COc1ccc(Cl)cc1C(O)c1nccn1C. The average Bonchev–Trinajstić information content (AvgIpc) is 2.74. The zero-order valence-corrected chi connectivity index (χ0v) is 10.3. The summed E-state index contributed by atoms with van der Waals surface area (Å²) in [5.74, 6) is 1.13. The Kier molecular flexibility index (Phi) is 3.36. The molecule has 0 fully saturated rings. The molecule has 1 unspecified atom stereocenters. The fraction of sp³-hybridized carbons (Fsp3) is 0.250. The number of imidazole rings is 1. The molecule has 17 heavy (non-hydrogen) atoms. The summed E-state index contributed by atoms with van der Waals surface area (Å²) in [6, 6.07) is 5.12. The van der Waals surface area contributed by atoms with Gasteiger partial charge in [0, 0.05) is 30.0 Å². The summed E-state index contributed by atoms with van der Waals surface area (Å²) in [6.45, 7) is 0. The predicted molar refractivity (Wildman–Crippen MR) is 65.3 cm³/mol. The molecule has 0 radical (unpaired) electrons. The van der Waals surface area contributed by atoms with Crippen molar-refractivity contribution in [3.8, 4) is 5.75 Å². The fourth-order valence-corrected chi connectivity index (χ4v) is 1.88. The zero-order valence-electron chi connectivity index (χ0n) is 9.59. The van der Waals surface area contributed by atoms with Crippen LogP contribution < -0.4 is 4.74 Å². The van der Waals surface area contributed by atoms with Crippen LogP contribution in [0.5, 0.6) is 5.75 Å². The van der Waals surface area contributed by atoms with Gasteiger partial charge in [0.15, 0.2) is 0 Å². The van der Waals surface area contributed by atoms with Gasteiger partial charge in [0.05, 0.1) is 7.11 Å². The highest BCUT2D eigenvalue weighted by molar-refractivity contribution is 6.30. The molecule has 0 aliphatic rings. The quantitative estimate of drug-likeness (QED) is 0.911. The molecule has 0 amide bonds. The molecule has 5 heteroatoms. The van der Waals surface area contributed by atoms with Crippen LogP contribution in [-0.2, 0) is 7.05 Å². The lowest BCUT2D eigenvalue weighted by atomic mass is 10.1. The van der Waals surface area contributed by atoms with Crippen molar-refractivity contribution in [1.82, 2.24) is 9.55 Å². The number of aliphatic hydroxyl groups is 1. The molecule has 90 valence electrons. The molecule has 1 N–H and O–H groups in total. The first-order valence-electron chi connectivity index (χ1n) is 5.12. The summed E-state index contributed by atoms with van der Waals surface area (Å²) >= 11 is 5.93. The van der Waals surface area contributed by atoms with Crippen molar-refractivity contribution in [1.29, 1.82) is 0 Å². The summed E-state index contributed by atoms with van der Waals surface area (Å²) in [5, 5.41) is 10.8. The van der Waals surface area contributed by atoms with Gasteiger partial charge in [0.1, 0.15) is 17.7 Å². The molecule has 1 aromatic carbocycles. The van der Waals surface area contributed by atoms with Gasteiger partial charge in [0.2, 0.25) is 0 Å². The van der Waals surface area contributed by atoms with E-state index in [4.69, 9.17) is 16.3 Å². The van der Waals surface area contributed by atoms with E-state index in [0.29, 0.717) is 22.2 Å². The normalized spacial score (nSPS) is 12.5. The van der Waals surface area contributed by atoms with Crippen molar-refractivity contribution in [3.63, 3.8) is 0 Å². The first-order chi connectivity index (χ1) is 8.13. The fourth-order valence-electron chi connectivity index (χ4n) is 1.70. The largest absolute Gasteiger partial charge is 0.496 e. The maximum absolute atomic E-state index is 10.3. The minimum absolute atomic E-state index is 0.547. The monoisotopic (exact) mass is 252 g/mol. The number of aromatic nitrogens is 2. The van der Waals surface area contributed by atoms with Gasteiger partial charge >= 0.3 is 0 Å². The first kappa shape index (κ1) is 12.0. The molecule has 0 saturated carbocycles. The summed E-state index contributed by atoms with van der Waals surface area (Å²) in [7, 11) is 3.38. The molecule has 2 rings (SSSR count). The Morgan fingerprint density at radius 3 is 2.82 bits per heavy atom. The first-order valence-corrected chi connectivity index (χ1v) is 5.50. The van der Waals surface area contributed by atoms with E-state index < -0.39 is 6.10 Å². The van der Waals surface area contributed by atoms with E-state index in [2.05, 4.69) is 4.98 Å². The van der Waals surface area contributed by atoms with Crippen LogP contribution in [0, 0.1) is 0 Å². The highest BCUT2D eigenvalue weighted by Gasteiger charge is 2.19. The van der Waals surface area contributed by atoms with Crippen molar-refractivity contribution < 1.29 is 9.84 Å². The lowest BCUT2D eigenvalue weighted by Gasteiger charge is -2.14. The van der Waals surface area contributed by atoms with Crippen LogP contribution >= 0.6 is 11.6 Å². The van der Waals surface area contributed by atoms with Crippen LogP contribution in [0.4, 0.5) is 0 Å². The number of hydrogen-bond acceptors (Lipinski definition) is 3. The number of ether oxygens (including phenoxy) is 1. The summed E-state index contributed by atoms with van der Waals surface area (Å²) in [4.78, 5) is 4.11. The molecule has 2 aromatic rings. The Morgan fingerprint density at radius 2 is 2.24 bits per heavy atom. The van der Waals surface area contributed by atoms with E-state index in [1.807, 2.05) is 7.05 Å². The predicted octanol–water partition coefficient (Wildman–Crippen LogP) is 2.16. The standard InChI is InChI=1S/C12H13ClN2O2/c1-15-6-5-14-12(15)11(16)9-7-8(13)3-4-10(9)17-2/h3-7,11,16H,1-2H3. The summed E-state index contributed by atoms with van der Waals surface area (Å²) in [6.07, 6.45) is 2.55. The van der Waals surface area contributed by atoms with Gasteiger partial charge in [-0.2, -0.15) is 0 Å². The number of nitrogens with zero attached hydrogens (tertiary/aromatic N) is 2. The van der Waals surface area contributed by atoms with Crippen LogP contribution in [0.15, 0.2) is 30.6 Å². The number of aryl methyl sites for hydroxylation is 1. The number of aliphatic hydroxyl groups excluding tert-OH is 1. The van der Waals surface area contributed by atoms with Crippen LogP contribution in [0.1, 0.15) is 17.5 Å². The summed E-state index contributed by atoms with van der Waals surface area (Å²) in [5.41, 5.74) is 0.606. The van der Waals surface area contributed by atoms with Gasteiger partial charge in [0.25, 0.3) is 0 Å².